The molecule has 3 aliphatic rings. The number of carbonyl (C=O) groups excluding carboxylic acids is 1. The fourth-order valence-electron chi connectivity index (χ4n) is 4.97. The fourth-order valence-corrected chi connectivity index (χ4v) is 4.97. The number of phenols is 1. The first-order chi connectivity index (χ1) is 12.1. The van der Waals surface area contributed by atoms with E-state index in [9.17, 15) is 15.2 Å². The summed E-state index contributed by atoms with van der Waals surface area (Å²) in [6.07, 6.45) is 5.71. The summed E-state index contributed by atoms with van der Waals surface area (Å²) < 4.78 is 10.6. The Labute approximate surface area is 146 Å². The molecule has 1 aromatic carbocycles. The van der Waals surface area contributed by atoms with Crippen molar-refractivity contribution in [1.29, 1.82) is 5.26 Å². The number of ketones is 1. The van der Waals surface area contributed by atoms with E-state index in [1.165, 1.54) is 14.2 Å². The molecule has 4 rings (SSSR count). The van der Waals surface area contributed by atoms with Gasteiger partial charge in [0.25, 0.3) is 0 Å². The van der Waals surface area contributed by atoms with Crippen LogP contribution in [0.4, 0.5) is 0 Å². The zero-order chi connectivity index (χ0) is 17.8. The van der Waals surface area contributed by atoms with Gasteiger partial charge in [0, 0.05) is 29.9 Å². The molecule has 3 atom stereocenters. The number of piperidine rings is 1. The van der Waals surface area contributed by atoms with Gasteiger partial charge >= 0.3 is 0 Å². The second-order valence-corrected chi connectivity index (χ2v) is 6.98. The molecule has 1 aromatic rings. The smallest absolute Gasteiger partial charge is 0.197 e. The molecular formula is C19H20N2O4. The number of likely N-dealkylation sites (tertiary alicyclic amines) is 1. The maximum absolute atomic E-state index is 12.6. The van der Waals surface area contributed by atoms with E-state index >= 15 is 0 Å². The van der Waals surface area contributed by atoms with E-state index in [-0.39, 0.29) is 29.9 Å². The molecule has 2 aliphatic carbocycles. The number of carbonyl (C=O) groups is 1. The topological polar surface area (TPSA) is 82.8 Å². The molecule has 0 radical (unpaired) electrons. The molecule has 25 heavy (non-hydrogen) atoms. The average Bonchev–Trinajstić information content (AvgIpc) is 2.60. The Morgan fingerprint density at radius 1 is 1.36 bits per heavy atom. The molecule has 130 valence electrons. The number of nitriles is 1. The van der Waals surface area contributed by atoms with Gasteiger partial charge < -0.3 is 19.5 Å². The van der Waals surface area contributed by atoms with E-state index in [1.54, 1.807) is 11.0 Å². The van der Waals surface area contributed by atoms with Crippen molar-refractivity contribution in [3.8, 4) is 17.7 Å². The van der Waals surface area contributed by atoms with Crippen LogP contribution in [0.5, 0.6) is 11.5 Å². The van der Waals surface area contributed by atoms with Crippen molar-refractivity contribution in [1.82, 2.24) is 4.90 Å². The molecule has 1 saturated heterocycles. The van der Waals surface area contributed by atoms with Gasteiger partial charge in [-0.25, -0.2) is 0 Å². The first kappa shape index (κ1) is 15.8. The third kappa shape index (κ3) is 1.98. The second kappa shape index (κ2) is 5.41. The van der Waals surface area contributed by atoms with E-state index in [1.807, 2.05) is 12.1 Å². The molecular weight excluding hydrogens is 320 g/mol. The van der Waals surface area contributed by atoms with Crippen molar-refractivity contribution in [3.05, 3.63) is 35.1 Å². The number of phenolic OH excluding ortho intramolecular Hbond substituents is 1. The molecule has 6 nitrogen and oxygen atoms in total. The van der Waals surface area contributed by atoms with Gasteiger partial charge in [-0.1, -0.05) is 6.07 Å². The lowest BCUT2D eigenvalue weighted by atomic mass is 9.53. The molecule has 0 aromatic heterocycles. The Balaban J connectivity index is 1.98. The quantitative estimate of drug-likeness (QED) is 0.828. The summed E-state index contributed by atoms with van der Waals surface area (Å²) in [6.45, 7) is 0.581. The fraction of sp³-hybridized carbons (Fsp3) is 0.474. The van der Waals surface area contributed by atoms with Gasteiger partial charge in [0.2, 0.25) is 0 Å². The molecule has 1 aliphatic heterocycles. The van der Waals surface area contributed by atoms with Gasteiger partial charge in [-0.05, 0) is 30.5 Å². The van der Waals surface area contributed by atoms with Crippen LogP contribution in [0.25, 0.3) is 0 Å². The Morgan fingerprint density at radius 2 is 2.16 bits per heavy atom. The van der Waals surface area contributed by atoms with Crippen molar-refractivity contribution in [2.75, 3.05) is 20.8 Å². The van der Waals surface area contributed by atoms with E-state index in [2.05, 4.69) is 6.19 Å². The number of rotatable bonds is 2. The molecule has 0 unspecified atom stereocenters. The first-order valence-electron chi connectivity index (χ1n) is 8.40. The largest absolute Gasteiger partial charge is 0.504 e. The maximum Gasteiger partial charge on any atom is 0.197 e. The van der Waals surface area contributed by atoms with Gasteiger partial charge in [-0.3, -0.25) is 4.79 Å². The number of hydrogen-bond acceptors (Lipinski definition) is 6. The van der Waals surface area contributed by atoms with Crippen molar-refractivity contribution in [2.45, 2.75) is 30.7 Å². The van der Waals surface area contributed by atoms with E-state index in [0.29, 0.717) is 30.9 Å². The predicted molar refractivity (Wildman–Crippen MR) is 89.0 cm³/mol. The Morgan fingerprint density at radius 3 is 2.84 bits per heavy atom. The predicted octanol–water partition coefficient (Wildman–Crippen LogP) is 1.87. The standard InChI is InChI=1S/C19H20N2O4/c1-24-15-4-3-11-7-13-12-8-16(25-2)14(22)9-19(12,17(11)18(15)23)5-6-21(13)10-20/h3-4,8,12-13,23H,5-7,9H2,1-2H3/t12-,13+,19-/m1/s1. The van der Waals surface area contributed by atoms with Crippen molar-refractivity contribution in [2.24, 2.45) is 5.92 Å². The van der Waals surface area contributed by atoms with E-state index in [4.69, 9.17) is 9.47 Å². The lowest BCUT2D eigenvalue weighted by Crippen LogP contribution is -2.60. The summed E-state index contributed by atoms with van der Waals surface area (Å²) in [5.41, 5.74) is 1.29. The molecule has 1 fully saturated rings. The normalized spacial score (nSPS) is 29.9. The van der Waals surface area contributed by atoms with Crippen LogP contribution in [0.15, 0.2) is 24.0 Å². The molecule has 0 amide bonds. The van der Waals surface area contributed by atoms with E-state index < -0.39 is 5.41 Å². The molecule has 0 spiro atoms. The minimum Gasteiger partial charge on any atom is -0.504 e. The van der Waals surface area contributed by atoms with Crippen LogP contribution in [0.3, 0.4) is 0 Å². The third-order valence-corrected chi connectivity index (χ3v) is 6.06. The summed E-state index contributed by atoms with van der Waals surface area (Å²) in [5.74, 6) is 0.784. The number of aromatic hydroxyl groups is 1. The maximum atomic E-state index is 12.6. The zero-order valence-corrected chi connectivity index (χ0v) is 14.3. The first-order valence-corrected chi connectivity index (χ1v) is 8.40. The molecule has 6 heteroatoms. The number of ether oxygens (including phenoxy) is 2. The van der Waals surface area contributed by atoms with Crippen LogP contribution in [-0.2, 0) is 21.4 Å². The molecule has 0 saturated carbocycles. The summed E-state index contributed by atoms with van der Waals surface area (Å²) >= 11 is 0. The Kier molecular flexibility index (Phi) is 3.43. The zero-order valence-electron chi connectivity index (χ0n) is 14.3. The monoisotopic (exact) mass is 340 g/mol. The third-order valence-electron chi connectivity index (χ3n) is 6.06. The minimum absolute atomic E-state index is 0.0303. The number of benzene rings is 1. The van der Waals surface area contributed by atoms with Crippen LogP contribution >= 0.6 is 0 Å². The number of Topliss-reactive ketones (excluding diaryl/α,β-unsaturated/α-hetero) is 1. The SMILES string of the molecule is COC1=C[C@@H]2[C@@H]3Cc4ccc(OC)c(O)c4[C@]2(CCN3C#N)CC1=O. The summed E-state index contributed by atoms with van der Waals surface area (Å²) in [7, 11) is 3.02. The number of nitrogens with zero attached hydrogens (tertiary/aromatic N) is 2. The van der Waals surface area contributed by atoms with Gasteiger partial charge in [-0.15, -0.1) is 0 Å². The highest BCUT2D eigenvalue weighted by Crippen LogP contribution is 2.57. The lowest BCUT2D eigenvalue weighted by Gasteiger charge is -2.55. The highest BCUT2D eigenvalue weighted by atomic mass is 16.5. The number of hydrogen-bond donors (Lipinski definition) is 1. The van der Waals surface area contributed by atoms with Crippen LogP contribution < -0.4 is 4.74 Å². The molecule has 1 heterocycles. The van der Waals surface area contributed by atoms with Gasteiger partial charge in [0.15, 0.2) is 29.2 Å². The summed E-state index contributed by atoms with van der Waals surface area (Å²) in [6, 6.07) is 3.66. The highest BCUT2D eigenvalue weighted by molar-refractivity contribution is 5.96. The Bertz CT molecular complexity index is 825. The highest BCUT2D eigenvalue weighted by Gasteiger charge is 2.57. The number of fused-ring (bicyclic) bond motifs is 1. The van der Waals surface area contributed by atoms with Crippen LogP contribution in [-0.4, -0.2) is 42.6 Å². The lowest BCUT2D eigenvalue weighted by molar-refractivity contribution is -0.122. The van der Waals surface area contributed by atoms with Crippen molar-refractivity contribution >= 4 is 5.78 Å². The van der Waals surface area contributed by atoms with Crippen LogP contribution in [0.1, 0.15) is 24.0 Å². The summed E-state index contributed by atoms with van der Waals surface area (Å²) in [5, 5.41) is 20.4. The van der Waals surface area contributed by atoms with Crippen LogP contribution in [0.2, 0.25) is 0 Å². The van der Waals surface area contributed by atoms with E-state index in [0.717, 1.165) is 11.1 Å². The molecule has 1 N–H and O–H groups in total. The van der Waals surface area contributed by atoms with Crippen LogP contribution in [0, 0.1) is 17.4 Å². The second-order valence-electron chi connectivity index (χ2n) is 6.98. The number of methoxy groups -OCH3 is 2. The summed E-state index contributed by atoms with van der Waals surface area (Å²) in [4.78, 5) is 14.4. The number of allylic oxidation sites excluding steroid dienone is 1. The van der Waals surface area contributed by atoms with Crippen molar-refractivity contribution in [3.63, 3.8) is 0 Å². The Hall–Kier alpha value is -2.68. The molecule has 2 bridgehead atoms. The minimum atomic E-state index is -0.511. The average molecular weight is 340 g/mol. The van der Waals surface area contributed by atoms with Gasteiger partial charge in [0.1, 0.15) is 0 Å². The van der Waals surface area contributed by atoms with Gasteiger partial charge in [0.05, 0.1) is 20.3 Å². The van der Waals surface area contributed by atoms with Gasteiger partial charge in [-0.2, -0.15) is 5.26 Å². The van der Waals surface area contributed by atoms with Crippen molar-refractivity contribution < 1.29 is 19.4 Å².